The highest BCUT2D eigenvalue weighted by Crippen LogP contribution is 2.34. The fourth-order valence-corrected chi connectivity index (χ4v) is 2.59. The van der Waals surface area contributed by atoms with Crippen LogP contribution in [-0.4, -0.2) is 18.6 Å². The second-order valence-electron chi connectivity index (χ2n) is 5.26. The lowest BCUT2D eigenvalue weighted by Crippen LogP contribution is -2.47. The molecular formula is C18H18N2O2. The van der Waals surface area contributed by atoms with Gasteiger partial charge in [-0.3, -0.25) is 4.79 Å². The van der Waals surface area contributed by atoms with Crippen LogP contribution < -0.4 is 15.4 Å². The first-order chi connectivity index (χ1) is 10.7. The van der Waals surface area contributed by atoms with Crippen molar-refractivity contribution in [3.63, 3.8) is 0 Å². The molecule has 0 aliphatic carbocycles. The monoisotopic (exact) mass is 294 g/mol. The molecule has 4 heteroatoms. The summed E-state index contributed by atoms with van der Waals surface area (Å²) in [6.45, 7) is 4.20. The minimum Gasteiger partial charge on any atom is -0.478 e. The summed E-state index contributed by atoms with van der Waals surface area (Å²) in [7, 11) is 0. The van der Waals surface area contributed by atoms with Gasteiger partial charge in [0.15, 0.2) is 6.10 Å². The van der Waals surface area contributed by atoms with Gasteiger partial charge < -0.3 is 15.4 Å². The standard InChI is InChI=1S/C18H18N2O2/c1-2-11-20-15-5-3-4-6-16(15)22-17(18(20)21)12-13-7-9-14(19)10-8-13/h2-10,17H,1,11-12,19H2. The Kier molecular flexibility index (Phi) is 3.83. The van der Waals surface area contributed by atoms with E-state index < -0.39 is 6.10 Å². The quantitative estimate of drug-likeness (QED) is 0.697. The van der Waals surface area contributed by atoms with Crippen LogP contribution in [0.1, 0.15) is 5.56 Å². The van der Waals surface area contributed by atoms with Crippen LogP contribution in [0.2, 0.25) is 0 Å². The van der Waals surface area contributed by atoms with Crippen LogP contribution in [0, 0.1) is 0 Å². The molecule has 0 radical (unpaired) electrons. The predicted octanol–water partition coefficient (Wildman–Crippen LogP) is 2.79. The van der Waals surface area contributed by atoms with E-state index >= 15 is 0 Å². The molecule has 1 unspecified atom stereocenters. The second kappa shape index (κ2) is 5.93. The summed E-state index contributed by atoms with van der Waals surface area (Å²) in [4.78, 5) is 14.4. The third kappa shape index (κ3) is 2.68. The van der Waals surface area contributed by atoms with Crippen molar-refractivity contribution in [1.29, 1.82) is 0 Å². The SMILES string of the molecule is C=CCN1C(=O)C(Cc2ccc(N)cc2)Oc2ccccc21. The zero-order valence-electron chi connectivity index (χ0n) is 12.2. The molecule has 0 saturated carbocycles. The minimum absolute atomic E-state index is 0.0459. The zero-order valence-corrected chi connectivity index (χ0v) is 12.2. The van der Waals surface area contributed by atoms with Gasteiger partial charge in [-0.2, -0.15) is 0 Å². The van der Waals surface area contributed by atoms with Crippen molar-refractivity contribution < 1.29 is 9.53 Å². The number of benzene rings is 2. The first-order valence-electron chi connectivity index (χ1n) is 7.21. The highest BCUT2D eigenvalue weighted by Gasteiger charge is 2.33. The van der Waals surface area contributed by atoms with E-state index in [0.717, 1.165) is 17.0 Å². The number of anilines is 2. The highest BCUT2D eigenvalue weighted by atomic mass is 16.5. The van der Waals surface area contributed by atoms with Crippen molar-refractivity contribution in [1.82, 2.24) is 0 Å². The summed E-state index contributed by atoms with van der Waals surface area (Å²) in [5.74, 6) is 0.680. The summed E-state index contributed by atoms with van der Waals surface area (Å²) >= 11 is 0. The Morgan fingerprint density at radius 2 is 1.91 bits per heavy atom. The molecule has 0 bridgehead atoms. The van der Waals surface area contributed by atoms with E-state index in [9.17, 15) is 4.79 Å². The van der Waals surface area contributed by atoms with E-state index in [1.165, 1.54) is 0 Å². The average Bonchev–Trinajstić information content (AvgIpc) is 2.53. The molecule has 0 fully saturated rings. The molecule has 1 amide bonds. The molecular weight excluding hydrogens is 276 g/mol. The lowest BCUT2D eigenvalue weighted by atomic mass is 10.0. The number of hydrogen-bond donors (Lipinski definition) is 1. The van der Waals surface area contributed by atoms with Gasteiger partial charge in [-0.1, -0.05) is 30.3 Å². The van der Waals surface area contributed by atoms with E-state index in [1.807, 2.05) is 48.5 Å². The van der Waals surface area contributed by atoms with Gasteiger partial charge in [-0.25, -0.2) is 0 Å². The number of carbonyl (C=O) groups is 1. The van der Waals surface area contributed by atoms with Crippen molar-refractivity contribution in [2.45, 2.75) is 12.5 Å². The smallest absolute Gasteiger partial charge is 0.268 e. The number of rotatable bonds is 4. The maximum atomic E-state index is 12.7. The highest BCUT2D eigenvalue weighted by molar-refractivity contribution is 6.00. The first-order valence-corrected chi connectivity index (χ1v) is 7.21. The summed E-state index contributed by atoms with van der Waals surface area (Å²) in [5.41, 5.74) is 8.21. The molecule has 1 aliphatic heterocycles. The number of ether oxygens (including phenoxy) is 1. The number of hydrogen-bond acceptors (Lipinski definition) is 3. The van der Waals surface area contributed by atoms with Gasteiger partial charge >= 0.3 is 0 Å². The molecule has 1 atom stereocenters. The molecule has 3 rings (SSSR count). The second-order valence-corrected chi connectivity index (χ2v) is 5.26. The summed E-state index contributed by atoms with van der Waals surface area (Å²) in [5, 5.41) is 0. The molecule has 112 valence electrons. The van der Waals surface area contributed by atoms with Crippen LogP contribution in [0.25, 0.3) is 0 Å². The van der Waals surface area contributed by atoms with E-state index in [0.29, 0.717) is 18.7 Å². The van der Waals surface area contributed by atoms with E-state index in [2.05, 4.69) is 6.58 Å². The number of carbonyl (C=O) groups excluding carboxylic acids is 1. The predicted molar refractivity (Wildman–Crippen MR) is 88.0 cm³/mol. The molecule has 22 heavy (non-hydrogen) atoms. The Morgan fingerprint density at radius 3 is 2.64 bits per heavy atom. The number of nitrogens with zero attached hydrogens (tertiary/aromatic N) is 1. The average molecular weight is 294 g/mol. The van der Waals surface area contributed by atoms with Crippen molar-refractivity contribution >= 4 is 17.3 Å². The first kappa shape index (κ1) is 14.2. The molecule has 0 spiro atoms. The van der Waals surface area contributed by atoms with Crippen molar-refractivity contribution in [2.75, 3.05) is 17.2 Å². The minimum atomic E-state index is -0.529. The summed E-state index contributed by atoms with van der Waals surface area (Å²) < 4.78 is 5.90. The Labute approximate surface area is 129 Å². The van der Waals surface area contributed by atoms with Crippen LogP contribution in [0.4, 0.5) is 11.4 Å². The Bertz CT molecular complexity index is 694. The van der Waals surface area contributed by atoms with Gasteiger partial charge in [0.05, 0.1) is 5.69 Å². The Balaban J connectivity index is 1.88. The van der Waals surface area contributed by atoms with Crippen LogP contribution in [0.5, 0.6) is 5.75 Å². The number of nitrogens with two attached hydrogens (primary N) is 1. The number of para-hydroxylation sites is 2. The third-order valence-corrected chi connectivity index (χ3v) is 3.68. The fraction of sp³-hybridized carbons (Fsp3) is 0.167. The molecule has 1 aliphatic rings. The molecule has 4 nitrogen and oxygen atoms in total. The maximum absolute atomic E-state index is 12.7. The van der Waals surface area contributed by atoms with Crippen LogP contribution in [-0.2, 0) is 11.2 Å². The zero-order chi connectivity index (χ0) is 15.5. The topological polar surface area (TPSA) is 55.6 Å². The molecule has 2 aromatic carbocycles. The lowest BCUT2D eigenvalue weighted by Gasteiger charge is -2.33. The van der Waals surface area contributed by atoms with Crippen molar-refractivity contribution in [3.8, 4) is 5.75 Å². The number of nitrogen functional groups attached to an aromatic ring is 1. The Hall–Kier alpha value is -2.75. The van der Waals surface area contributed by atoms with Gasteiger partial charge in [0, 0.05) is 18.7 Å². The molecule has 1 heterocycles. The maximum Gasteiger partial charge on any atom is 0.268 e. The van der Waals surface area contributed by atoms with Gasteiger partial charge in [0.25, 0.3) is 5.91 Å². The number of amides is 1. The largest absolute Gasteiger partial charge is 0.478 e. The van der Waals surface area contributed by atoms with E-state index in [4.69, 9.17) is 10.5 Å². The van der Waals surface area contributed by atoms with Gasteiger partial charge in [-0.05, 0) is 29.8 Å². The molecule has 2 aromatic rings. The Morgan fingerprint density at radius 1 is 1.18 bits per heavy atom. The summed E-state index contributed by atoms with van der Waals surface area (Å²) in [6, 6.07) is 15.1. The summed E-state index contributed by atoms with van der Waals surface area (Å²) in [6.07, 6.45) is 1.71. The lowest BCUT2D eigenvalue weighted by molar-refractivity contribution is -0.126. The molecule has 0 aromatic heterocycles. The van der Waals surface area contributed by atoms with Gasteiger partial charge in [0.2, 0.25) is 0 Å². The van der Waals surface area contributed by atoms with Crippen LogP contribution >= 0.6 is 0 Å². The normalized spacial score (nSPS) is 16.8. The van der Waals surface area contributed by atoms with Crippen LogP contribution in [0.3, 0.4) is 0 Å². The number of fused-ring (bicyclic) bond motifs is 1. The molecule has 2 N–H and O–H groups in total. The van der Waals surface area contributed by atoms with Gasteiger partial charge in [-0.15, -0.1) is 6.58 Å². The van der Waals surface area contributed by atoms with Crippen LogP contribution in [0.15, 0.2) is 61.2 Å². The third-order valence-electron chi connectivity index (χ3n) is 3.68. The fourth-order valence-electron chi connectivity index (χ4n) is 2.59. The van der Waals surface area contributed by atoms with Crippen molar-refractivity contribution in [2.24, 2.45) is 0 Å². The molecule has 0 saturated heterocycles. The van der Waals surface area contributed by atoms with E-state index in [1.54, 1.807) is 11.0 Å². The van der Waals surface area contributed by atoms with Gasteiger partial charge in [0.1, 0.15) is 5.75 Å². The van der Waals surface area contributed by atoms with Crippen molar-refractivity contribution in [3.05, 3.63) is 66.7 Å². The van der Waals surface area contributed by atoms with E-state index in [-0.39, 0.29) is 5.91 Å².